The van der Waals surface area contributed by atoms with E-state index in [2.05, 4.69) is 95.1 Å². The Hall–Kier alpha value is -0.936. The molecule has 12 heteroatoms. The van der Waals surface area contributed by atoms with E-state index in [-0.39, 0.29) is 64.3 Å². The second-order valence-electron chi connectivity index (χ2n) is 21.6. The van der Waals surface area contributed by atoms with Gasteiger partial charge < -0.3 is 32.9 Å². The molecule has 58 heavy (non-hydrogen) atoms. The van der Waals surface area contributed by atoms with Crippen molar-refractivity contribution in [2.24, 2.45) is 17.3 Å². The van der Waals surface area contributed by atoms with Gasteiger partial charge in [0, 0.05) is 32.5 Å². The van der Waals surface area contributed by atoms with E-state index in [0.717, 1.165) is 44.1 Å². The van der Waals surface area contributed by atoms with Gasteiger partial charge in [0.25, 0.3) is 0 Å². The van der Waals surface area contributed by atoms with Gasteiger partial charge in [-0.15, -0.1) is 0 Å². The van der Waals surface area contributed by atoms with Crippen molar-refractivity contribution in [1.29, 1.82) is 0 Å². The quantitative estimate of drug-likeness (QED) is 0.107. The molecule has 3 saturated heterocycles. The summed E-state index contributed by atoms with van der Waals surface area (Å²) in [7, 11) is -6.34. The Morgan fingerprint density at radius 2 is 1.55 bits per heavy atom. The summed E-state index contributed by atoms with van der Waals surface area (Å²) in [6.07, 6.45) is 4.80. The molecular formula is C46H82O9SSi2. The second kappa shape index (κ2) is 19.6. The highest BCUT2D eigenvalue weighted by molar-refractivity contribution is 7.91. The maximum absolute atomic E-state index is 14.1. The van der Waals surface area contributed by atoms with Gasteiger partial charge in [0.2, 0.25) is 0 Å². The number of aliphatic hydroxyl groups excluding tert-OH is 1. The van der Waals surface area contributed by atoms with Gasteiger partial charge >= 0.3 is 0 Å². The Balaban J connectivity index is 1.60. The van der Waals surface area contributed by atoms with Crippen LogP contribution in [0.3, 0.4) is 0 Å². The molecular weight excluding hydrogens is 785 g/mol. The number of aliphatic hydroxyl groups is 1. The summed E-state index contributed by atoms with van der Waals surface area (Å²) in [5, 5.41) is 9.41. The van der Waals surface area contributed by atoms with Crippen molar-refractivity contribution in [3.63, 3.8) is 0 Å². The second-order valence-corrected chi connectivity index (χ2v) is 33.2. The molecule has 0 unspecified atom stereocenters. The van der Waals surface area contributed by atoms with Crippen LogP contribution in [0.4, 0.5) is 0 Å². The molecule has 0 saturated carbocycles. The van der Waals surface area contributed by atoms with Crippen LogP contribution in [-0.2, 0) is 37.6 Å². The highest BCUT2D eigenvalue weighted by Crippen LogP contribution is 2.45. The zero-order valence-corrected chi connectivity index (χ0v) is 41.6. The first-order chi connectivity index (χ1) is 26.7. The summed E-state index contributed by atoms with van der Waals surface area (Å²) < 4.78 is 69.0. The van der Waals surface area contributed by atoms with E-state index in [0.29, 0.717) is 24.3 Å². The summed E-state index contributed by atoms with van der Waals surface area (Å²) >= 11 is 0. The topological polar surface area (TPSA) is 110 Å². The van der Waals surface area contributed by atoms with Crippen molar-refractivity contribution in [3.8, 4) is 0 Å². The Morgan fingerprint density at radius 1 is 0.914 bits per heavy atom. The Kier molecular flexibility index (Phi) is 16.8. The first-order valence-electron chi connectivity index (χ1n) is 22.1. The van der Waals surface area contributed by atoms with Gasteiger partial charge in [-0.25, -0.2) is 8.42 Å². The molecule has 0 spiro atoms. The van der Waals surface area contributed by atoms with Crippen LogP contribution in [0.15, 0.2) is 47.4 Å². The summed E-state index contributed by atoms with van der Waals surface area (Å²) in [5.41, 5.74) is 1.09. The summed E-state index contributed by atoms with van der Waals surface area (Å²) in [6, 6.07) is 8.71. The van der Waals surface area contributed by atoms with Crippen LogP contribution in [-0.4, -0.2) is 105 Å². The lowest BCUT2D eigenvalue weighted by atomic mass is 9.80. The normalized spacial score (nSPS) is 30.5. The molecule has 1 aromatic rings. The van der Waals surface area contributed by atoms with Gasteiger partial charge in [-0.3, -0.25) is 0 Å². The molecule has 0 bridgehead atoms. The first kappa shape index (κ1) is 49.7. The SMILES string of the molecule is C=C1[C@H](C)C[C@H](CC[C@@H]2O[C@@H](CCCO)CC2(C)C)O[C@@H]1C[C@@H]1O[C@H](C[C@@H](CO[Si](C)(C)C(C)(C)C)O[Si](C)(C)C(C)(C)C)[C@H](OC)[C@H]1CS(=O)(=O)c1ccccc1. The average Bonchev–Trinajstić information content (AvgIpc) is 3.59. The van der Waals surface area contributed by atoms with Crippen LogP contribution >= 0.6 is 0 Å². The van der Waals surface area contributed by atoms with E-state index < -0.39 is 50.7 Å². The largest absolute Gasteiger partial charge is 0.414 e. The van der Waals surface area contributed by atoms with Crippen molar-refractivity contribution in [2.75, 3.05) is 26.1 Å². The molecule has 4 rings (SSSR count). The minimum atomic E-state index is -3.68. The van der Waals surface area contributed by atoms with Crippen LogP contribution < -0.4 is 0 Å². The molecule has 334 valence electrons. The highest BCUT2D eigenvalue weighted by atomic mass is 32.2. The number of benzene rings is 1. The van der Waals surface area contributed by atoms with Gasteiger partial charge in [-0.2, -0.15) is 0 Å². The van der Waals surface area contributed by atoms with Crippen LogP contribution in [0.1, 0.15) is 114 Å². The minimum absolute atomic E-state index is 0.0125. The number of sulfone groups is 1. The summed E-state index contributed by atoms with van der Waals surface area (Å²) in [6.45, 7) is 34.5. The zero-order chi connectivity index (χ0) is 43.5. The van der Waals surface area contributed by atoms with Crippen LogP contribution in [0.25, 0.3) is 0 Å². The van der Waals surface area contributed by atoms with E-state index in [9.17, 15) is 13.5 Å². The van der Waals surface area contributed by atoms with Gasteiger partial charge in [0.05, 0.1) is 66.1 Å². The van der Waals surface area contributed by atoms with Gasteiger partial charge in [-0.05, 0) is 104 Å². The molecule has 3 heterocycles. The van der Waals surface area contributed by atoms with E-state index in [1.54, 1.807) is 31.4 Å². The fraction of sp³-hybridized carbons (Fsp3) is 0.826. The maximum Gasteiger partial charge on any atom is 0.192 e. The predicted octanol–water partition coefficient (Wildman–Crippen LogP) is 10.1. The third-order valence-electron chi connectivity index (χ3n) is 14.5. The van der Waals surface area contributed by atoms with Crippen LogP contribution in [0, 0.1) is 17.3 Å². The highest BCUT2D eigenvalue weighted by Gasteiger charge is 2.51. The van der Waals surface area contributed by atoms with Crippen LogP contribution in [0.2, 0.25) is 36.3 Å². The first-order valence-corrected chi connectivity index (χ1v) is 29.6. The smallest absolute Gasteiger partial charge is 0.192 e. The lowest BCUT2D eigenvalue weighted by molar-refractivity contribution is -0.0807. The van der Waals surface area contributed by atoms with Crippen molar-refractivity contribution < 1.29 is 41.3 Å². The fourth-order valence-corrected chi connectivity index (χ4v) is 12.7. The number of hydrogen-bond donors (Lipinski definition) is 1. The van der Waals surface area contributed by atoms with Crippen molar-refractivity contribution >= 4 is 26.5 Å². The summed E-state index contributed by atoms with van der Waals surface area (Å²) in [4.78, 5) is 0.302. The van der Waals surface area contributed by atoms with E-state index in [1.807, 2.05) is 6.07 Å². The lowest BCUT2D eigenvalue weighted by Gasteiger charge is -2.42. The van der Waals surface area contributed by atoms with Crippen LogP contribution in [0.5, 0.6) is 0 Å². The molecule has 3 aliphatic rings. The predicted molar refractivity (Wildman–Crippen MR) is 240 cm³/mol. The van der Waals surface area contributed by atoms with E-state index >= 15 is 0 Å². The molecule has 1 aromatic carbocycles. The fourth-order valence-electron chi connectivity index (χ4n) is 8.65. The Morgan fingerprint density at radius 3 is 2.14 bits per heavy atom. The molecule has 0 radical (unpaired) electrons. The molecule has 0 aromatic heterocycles. The van der Waals surface area contributed by atoms with Gasteiger partial charge in [0.15, 0.2) is 26.5 Å². The van der Waals surface area contributed by atoms with Crippen molar-refractivity contribution in [1.82, 2.24) is 0 Å². The molecule has 3 aliphatic heterocycles. The van der Waals surface area contributed by atoms with Gasteiger partial charge in [-0.1, -0.05) is 87.1 Å². The molecule has 1 N–H and O–H groups in total. The van der Waals surface area contributed by atoms with Crippen molar-refractivity contribution in [3.05, 3.63) is 42.5 Å². The number of ether oxygens (including phenoxy) is 4. The van der Waals surface area contributed by atoms with Crippen molar-refractivity contribution in [2.45, 2.75) is 204 Å². The third kappa shape index (κ3) is 12.6. The molecule has 0 amide bonds. The third-order valence-corrected chi connectivity index (χ3v) is 25.3. The Labute approximate surface area is 355 Å². The zero-order valence-electron chi connectivity index (χ0n) is 38.8. The molecule has 9 nitrogen and oxygen atoms in total. The lowest BCUT2D eigenvalue weighted by Crippen LogP contribution is -2.49. The number of hydrogen-bond acceptors (Lipinski definition) is 9. The summed E-state index contributed by atoms with van der Waals surface area (Å²) in [5.74, 6) is -0.296. The average molecular weight is 867 g/mol. The molecule has 10 atom stereocenters. The molecule has 0 aliphatic carbocycles. The molecule has 3 fully saturated rings. The van der Waals surface area contributed by atoms with E-state index in [1.165, 1.54) is 0 Å². The Bertz CT molecular complexity index is 1570. The van der Waals surface area contributed by atoms with Gasteiger partial charge in [0.1, 0.15) is 0 Å². The minimum Gasteiger partial charge on any atom is -0.414 e. The van der Waals surface area contributed by atoms with E-state index in [4.69, 9.17) is 27.8 Å². The number of rotatable bonds is 19. The maximum atomic E-state index is 14.1. The number of methoxy groups -OCH3 is 1. The monoisotopic (exact) mass is 867 g/mol. The standard InChI is InChI=1S/C46H82O9SSi2/c1-32-26-34(23-24-42-46(9,10)29-35(53-42)20-19-25-47)52-39(33(32)2)28-40-38(31-56(48,49)37-21-17-16-18-22-37)43(50-11)41(54-40)27-36(55-58(14,15)45(6,7)8)30-51-57(12,13)44(3,4)5/h16-18,21-22,32,34-36,38-43,47H,2,19-20,23-31H2,1,3-15H3/t32-,34+,35+,36+,38+,39-,40+,41-,42+,43-/m1/s1.